The molecule has 0 aromatic heterocycles. The molecule has 4 nitrogen and oxygen atoms in total. The number of rotatable bonds is 4. The molecule has 1 aliphatic carbocycles. The fourth-order valence-corrected chi connectivity index (χ4v) is 2.75. The number of halogens is 1. The lowest BCUT2D eigenvalue weighted by molar-refractivity contribution is -0.120. The van der Waals surface area contributed by atoms with Gasteiger partial charge in [-0.15, -0.1) is 0 Å². The molecule has 1 aliphatic rings. The molecule has 2 N–H and O–H groups in total. The van der Waals surface area contributed by atoms with E-state index in [1.807, 2.05) is 0 Å². The zero-order chi connectivity index (χ0) is 14.5. The monoisotopic (exact) mass is 338 g/mol. The molecule has 0 aliphatic heterocycles. The van der Waals surface area contributed by atoms with Crippen LogP contribution in [0.4, 0.5) is 0 Å². The Kier molecular flexibility index (Phi) is 5.17. The third-order valence-electron chi connectivity index (χ3n) is 3.58. The number of hydrogen-bond acceptors (Lipinski definition) is 2. The van der Waals surface area contributed by atoms with Crippen LogP contribution in [0.2, 0.25) is 0 Å². The summed E-state index contributed by atoms with van der Waals surface area (Å²) in [6.07, 6.45) is 3.23. The maximum absolute atomic E-state index is 11.8. The molecule has 2 unspecified atom stereocenters. The van der Waals surface area contributed by atoms with E-state index in [4.69, 9.17) is 0 Å². The van der Waals surface area contributed by atoms with Gasteiger partial charge in [-0.25, -0.2) is 0 Å². The Morgan fingerprint density at radius 3 is 2.55 bits per heavy atom. The van der Waals surface area contributed by atoms with E-state index in [1.54, 1.807) is 24.3 Å². The van der Waals surface area contributed by atoms with Gasteiger partial charge in [0.1, 0.15) is 0 Å². The van der Waals surface area contributed by atoms with E-state index in [2.05, 4.69) is 33.5 Å². The first-order valence-electron chi connectivity index (χ1n) is 6.87. The molecule has 0 spiro atoms. The van der Waals surface area contributed by atoms with Crippen LogP contribution in [0.15, 0.2) is 28.7 Å². The van der Waals surface area contributed by atoms with Crippen LogP contribution in [0, 0.1) is 5.92 Å². The summed E-state index contributed by atoms with van der Waals surface area (Å²) in [6, 6.07) is 7.30. The zero-order valence-electron chi connectivity index (χ0n) is 11.5. The summed E-state index contributed by atoms with van der Waals surface area (Å²) in [5.41, 5.74) is 0.551. The summed E-state index contributed by atoms with van der Waals surface area (Å²) >= 11 is 3.31. The third-order valence-corrected chi connectivity index (χ3v) is 4.10. The first-order chi connectivity index (χ1) is 9.54. The van der Waals surface area contributed by atoms with Gasteiger partial charge in [-0.1, -0.05) is 22.9 Å². The maximum Gasteiger partial charge on any atom is 0.251 e. The average molecular weight is 339 g/mol. The Morgan fingerprint density at radius 1 is 1.25 bits per heavy atom. The Hall–Kier alpha value is -1.36. The highest BCUT2D eigenvalue weighted by Gasteiger charge is 2.22. The van der Waals surface area contributed by atoms with E-state index in [-0.39, 0.29) is 24.4 Å². The van der Waals surface area contributed by atoms with E-state index in [9.17, 15) is 9.59 Å². The molecular weight excluding hydrogens is 320 g/mol. The quantitative estimate of drug-likeness (QED) is 0.885. The number of hydrogen-bond donors (Lipinski definition) is 2. The fourth-order valence-electron chi connectivity index (χ4n) is 2.48. The van der Waals surface area contributed by atoms with Crippen LogP contribution < -0.4 is 10.6 Å². The zero-order valence-corrected chi connectivity index (χ0v) is 13.1. The second-order valence-corrected chi connectivity index (χ2v) is 6.29. The van der Waals surface area contributed by atoms with Gasteiger partial charge in [0.05, 0.1) is 6.54 Å². The topological polar surface area (TPSA) is 58.2 Å². The van der Waals surface area contributed by atoms with Crippen molar-refractivity contribution in [2.24, 2.45) is 5.92 Å². The normalized spacial score (nSPS) is 21.5. The summed E-state index contributed by atoms with van der Waals surface area (Å²) in [6.45, 7) is 2.22. The van der Waals surface area contributed by atoms with Gasteiger partial charge < -0.3 is 10.6 Å². The molecule has 1 fully saturated rings. The molecule has 1 aromatic rings. The third kappa shape index (κ3) is 4.34. The Labute approximate surface area is 127 Å². The molecule has 108 valence electrons. The van der Waals surface area contributed by atoms with Gasteiger partial charge in [-0.2, -0.15) is 0 Å². The van der Waals surface area contributed by atoms with Crippen molar-refractivity contribution in [1.82, 2.24) is 10.6 Å². The smallest absolute Gasteiger partial charge is 0.251 e. The molecule has 2 atom stereocenters. The van der Waals surface area contributed by atoms with E-state index in [0.29, 0.717) is 11.5 Å². The van der Waals surface area contributed by atoms with Crippen molar-refractivity contribution in [1.29, 1.82) is 0 Å². The molecule has 2 rings (SSSR count). The van der Waals surface area contributed by atoms with Crippen LogP contribution in [-0.2, 0) is 4.79 Å². The minimum atomic E-state index is -0.229. The summed E-state index contributed by atoms with van der Waals surface area (Å²) in [7, 11) is 0. The lowest BCUT2D eigenvalue weighted by Crippen LogP contribution is -2.41. The Bertz CT molecular complexity index is 487. The van der Waals surface area contributed by atoms with Gasteiger partial charge in [0, 0.05) is 16.1 Å². The van der Waals surface area contributed by atoms with Gasteiger partial charge in [0.25, 0.3) is 5.91 Å². The second kappa shape index (κ2) is 6.88. The molecule has 1 aromatic carbocycles. The van der Waals surface area contributed by atoms with Crippen LogP contribution in [0.25, 0.3) is 0 Å². The van der Waals surface area contributed by atoms with Crippen molar-refractivity contribution in [3.63, 3.8) is 0 Å². The van der Waals surface area contributed by atoms with Crippen LogP contribution >= 0.6 is 15.9 Å². The first kappa shape index (κ1) is 15.0. The van der Waals surface area contributed by atoms with Crippen molar-refractivity contribution in [2.75, 3.05) is 6.54 Å². The van der Waals surface area contributed by atoms with Gasteiger partial charge in [0.15, 0.2) is 0 Å². The lowest BCUT2D eigenvalue weighted by Gasteiger charge is -2.12. The highest BCUT2D eigenvalue weighted by molar-refractivity contribution is 9.10. The number of carbonyl (C=O) groups excluding carboxylic acids is 2. The van der Waals surface area contributed by atoms with Crippen molar-refractivity contribution >= 4 is 27.7 Å². The first-order valence-corrected chi connectivity index (χ1v) is 7.67. The van der Waals surface area contributed by atoms with Gasteiger partial charge >= 0.3 is 0 Å². The summed E-state index contributed by atoms with van der Waals surface area (Å²) < 4.78 is 0.919. The van der Waals surface area contributed by atoms with Crippen molar-refractivity contribution in [3.8, 4) is 0 Å². The fraction of sp³-hybridized carbons (Fsp3) is 0.467. The maximum atomic E-state index is 11.8. The molecule has 2 amide bonds. The Morgan fingerprint density at radius 2 is 1.95 bits per heavy atom. The standard InChI is InChI=1S/C15H19BrN2O2/c1-10-2-7-13(8-10)18-14(19)9-17-15(20)11-3-5-12(16)6-4-11/h3-6,10,13H,2,7-9H2,1H3,(H,17,20)(H,18,19). The number of amides is 2. The van der Waals surface area contributed by atoms with E-state index in [1.165, 1.54) is 0 Å². The number of nitrogens with one attached hydrogen (secondary N) is 2. The molecule has 0 bridgehead atoms. The van der Waals surface area contributed by atoms with Crippen molar-refractivity contribution in [3.05, 3.63) is 34.3 Å². The number of carbonyl (C=O) groups is 2. The average Bonchev–Trinajstić information content (AvgIpc) is 2.82. The molecule has 0 saturated heterocycles. The Balaban J connectivity index is 1.75. The minimum absolute atomic E-state index is 0.0276. The van der Waals surface area contributed by atoms with E-state index in [0.717, 1.165) is 23.7 Å². The predicted octanol–water partition coefficient (Wildman–Crippen LogP) is 2.48. The van der Waals surface area contributed by atoms with Crippen molar-refractivity contribution in [2.45, 2.75) is 32.2 Å². The van der Waals surface area contributed by atoms with Crippen LogP contribution in [-0.4, -0.2) is 24.4 Å². The minimum Gasteiger partial charge on any atom is -0.352 e. The predicted molar refractivity (Wildman–Crippen MR) is 81.4 cm³/mol. The van der Waals surface area contributed by atoms with Crippen LogP contribution in [0.5, 0.6) is 0 Å². The summed E-state index contributed by atoms with van der Waals surface area (Å²) in [5.74, 6) is 0.333. The van der Waals surface area contributed by atoms with Crippen LogP contribution in [0.1, 0.15) is 36.5 Å². The lowest BCUT2D eigenvalue weighted by atomic mass is 10.1. The van der Waals surface area contributed by atoms with Crippen molar-refractivity contribution < 1.29 is 9.59 Å². The SMILES string of the molecule is CC1CCC(NC(=O)CNC(=O)c2ccc(Br)cc2)C1. The molecular formula is C15H19BrN2O2. The van der Waals surface area contributed by atoms with Crippen LogP contribution in [0.3, 0.4) is 0 Å². The van der Waals surface area contributed by atoms with Gasteiger partial charge in [0.2, 0.25) is 5.91 Å². The molecule has 5 heteroatoms. The molecule has 20 heavy (non-hydrogen) atoms. The highest BCUT2D eigenvalue weighted by atomic mass is 79.9. The van der Waals surface area contributed by atoms with Gasteiger partial charge in [-0.3, -0.25) is 9.59 Å². The van der Waals surface area contributed by atoms with E-state index < -0.39 is 0 Å². The largest absolute Gasteiger partial charge is 0.352 e. The highest BCUT2D eigenvalue weighted by Crippen LogP contribution is 2.24. The van der Waals surface area contributed by atoms with Gasteiger partial charge in [-0.05, 0) is 49.4 Å². The molecule has 1 saturated carbocycles. The molecule has 0 heterocycles. The van der Waals surface area contributed by atoms with E-state index >= 15 is 0 Å². The summed E-state index contributed by atoms with van der Waals surface area (Å²) in [5, 5.41) is 5.60. The number of benzene rings is 1. The molecule has 0 radical (unpaired) electrons. The summed E-state index contributed by atoms with van der Waals surface area (Å²) in [4.78, 5) is 23.6. The second-order valence-electron chi connectivity index (χ2n) is 5.37.